The van der Waals surface area contributed by atoms with Gasteiger partial charge in [0.1, 0.15) is 5.82 Å². The van der Waals surface area contributed by atoms with E-state index in [4.69, 9.17) is 4.74 Å². The first-order valence-electron chi connectivity index (χ1n) is 6.86. The summed E-state index contributed by atoms with van der Waals surface area (Å²) in [6, 6.07) is 5.90. The molecule has 1 heterocycles. The second-order valence-electron chi connectivity index (χ2n) is 5.22. The molecule has 0 bridgehead atoms. The zero-order chi connectivity index (χ0) is 15.4. The van der Waals surface area contributed by atoms with Crippen LogP contribution < -0.4 is 5.32 Å². The molecule has 2 atom stereocenters. The molecule has 1 aliphatic heterocycles. The fraction of sp³-hybridized carbons (Fsp3) is 0.467. The number of hydrogen-bond acceptors (Lipinski definition) is 3. The number of para-hydroxylation sites is 1. The van der Waals surface area contributed by atoms with E-state index in [0.717, 1.165) is 0 Å². The Morgan fingerprint density at radius 2 is 2.24 bits per heavy atom. The summed E-state index contributed by atoms with van der Waals surface area (Å²) in [7, 11) is 1.57. The van der Waals surface area contributed by atoms with E-state index >= 15 is 0 Å². The minimum atomic E-state index is -0.486. The van der Waals surface area contributed by atoms with E-state index in [0.29, 0.717) is 13.2 Å². The third-order valence-corrected chi connectivity index (χ3v) is 3.60. The van der Waals surface area contributed by atoms with E-state index in [-0.39, 0.29) is 30.0 Å². The summed E-state index contributed by atoms with van der Waals surface area (Å²) < 4.78 is 18.5. The van der Waals surface area contributed by atoms with Crippen molar-refractivity contribution in [3.05, 3.63) is 30.1 Å². The van der Waals surface area contributed by atoms with Crippen molar-refractivity contribution in [2.75, 3.05) is 25.6 Å². The summed E-state index contributed by atoms with van der Waals surface area (Å²) >= 11 is 0. The molecule has 0 saturated carbocycles. The molecular formula is C15H19FN2O3. The number of benzene rings is 1. The van der Waals surface area contributed by atoms with Crippen LogP contribution in [0.25, 0.3) is 0 Å². The molecule has 0 aliphatic carbocycles. The Hall–Kier alpha value is -1.95. The molecule has 2 amide bonds. The molecule has 1 saturated heterocycles. The Morgan fingerprint density at radius 3 is 2.90 bits per heavy atom. The Labute approximate surface area is 123 Å². The number of halogens is 1. The van der Waals surface area contributed by atoms with E-state index < -0.39 is 11.7 Å². The molecule has 6 heteroatoms. The lowest BCUT2D eigenvalue weighted by Crippen LogP contribution is -2.38. The number of nitrogens with one attached hydrogen (secondary N) is 1. The fourth-order valence-corrected chi connectivity index (χ4v) is 2.46. The van der Waals surface area contributed by atoms with Crippen molar-refractivity contribution in [2.45, 2.75) is 19.4 Å². The predicted octanol–water partition coefficient (Wildman–Crippen LogP) is 1.65. The van der Waals surface area contributed by atoms with Gasteiger partial charge in [-0.1, -0.05) is 12.1 Å². The first-order chi connectivity index (χ1) is 10.0. The molecule has 2 rings (SSSR count). The number of carbonyl (C=O) groups is 2. The fourth-order valence-electron chi connectivity index (χ4n) is 2.46. The van der Waals surface area contributed by atoms with Crippen LogP contribution in [0.1, 0.15) is 13.3 Å². The van der Waals surface area contributed by atoms with Gasteiger partial charge in [0, 0.05) is 20.1 Å². The third-order valence-electron chi connectivity index (χ3n) is 3.60. The number of anilines is 1. The van der Waals surface area contributed by atoms with E-state index in [1.807, 2.05) is 6.92 Å². The topological polar surface area (TPSA) is 58.6 Å². The van der Waals surface area contributed by atoms with Gasteiger partial charge >= 0.3 is 0 Å². The maximum atomic E-state index is 13.5. The van der Waals surface area contributed by atoms with Gasteiger partial charge in [0.2, 0.25) is 11.8 Å². The van der Waals surface area contributed by atoms with E-state index in [2.05, 4.69) is 5.32 Å². The second kappa shape index (κ2) is 6.67. The third kappa shape index (κ3) is 3.58. The van der Waals surface area contributed by atoms with Crippen LogP contribution in [0.15, 0.2) is 24.3 Å². The average Bonchev–Trinajstić information content (AvgIpc) is 2.84. The van der Waals surface area contributed by atoms with Gasteiger partial charge in [0.25, 0.3) is 0 Å². The van der Waals surface area contributed by atoms with Crippen molar-refractivity contribution in [2.24, 2.45) is 5.92 Å². The molecule has 114 valence electrons. The summed E-state index contributed by atoms with van der Waals surface area (Å²) in [5.74, 6) is -1.36. The van der Waals surface area contributed by atoms with Gasteiger partial charge in [-0.3, -0.25) is 9.59 Å². The van der Waals surface area contributed by atoms with Crippen LogP contribution in [-0.4, -0.2) is 43.0 Å². The van der Waals surface area contributed by atoms with Gasteiger partial charge in [0.15, 0.2) is 0 Å². The summed E-state index contributed by atoms with van der Waals surface area (Å²) in [6.07, 6.45) is 0.147. The number of rotatable bonds is 5. The maximum Gasteiger partial charge on any atom is 0.229 e. The first-order valence-corrected chi connectivity index (χ1v) is 6.86. The molecule has 0 aromatic heterocycles. The van der Waals surface area contributed by atoms with Crippen molar-refractivity contribution in [1.29, 1.82) is 0 Å². The van der Waals surface area contributed by atoms with Gasteiger partial charge in [-0.05, 0) is 19.1 Å². The highest BCUT2D eigenvalue weighted by Crippen LogP contribution is 2.22. The van der Waals surface area contributed by atoms with Gasteiger partial charge in [-0.25, -0.2) is 4.39 Å². The van der Waals surface area contributed by atoms with Gasteiger partial charge in [-0.15, -0.1) is 0 Å². The van der Waals surface area contributed by atoms with Crippen LogP contribution >= 0.6 is 0 Å². The molecular weight excluding hydrogens is 275 g/mol. The summed E-state index contributed by atoms with van der Waals surface area (Å²) in [5, 5.41) is 2.54. The van der Waals surface area contributed by atoms with E-state index in [1.54, 1.807) is 24.1 Å². The minimum absolute atomic E-state index is 0.0752. The first kappa shape index (κ1) is 15.4. The van der Waals surface area contributed by atoms with Crippen LogP contribution in [0, 0.1) is 11.7 Å². The van der Waals surface area contributed by atoms with Crippen LogP contribution in [-0.2, 0) is 14.3 Å². The number of likely N-dealkylation sites (tertiary alicyclic amines) is 1. The zero-order valence-corrected chi connectivity index (χ0v) is 12.1. The summed E-state index contributed by atoms with van der Waals surface area (Å²) in [6.45, 7) is 2.63. The molecule has 1 aromatic rings. The van der Waals surface area contributed by atoms with Crippen molar-refractivity contribution < 1.29 is 18.7 Å². The highest BCUT2D eigenvalue weighted by Gasteiger charge is 2.36. The van der Waals surface area contributed by atoms with Crippen molar-refractivity contribution in [1.82, 2.24) is 4.90 Å². The lowest BCUT2D eigenvalue weighted by atomic mass is 10.1. The summed E-state index contributed by atoms with van der Waals surface area (Å²) in [5.41, 5.74) is 0.137. The van der Waals surface area contributed by atoms with Gasteiger partial charge < -0.3 is 15.0 Å². The van der Waals surface area contributed by atoms with Crippen molar-refractivity contribution in [3.8, 4) is 0 Å². The molecule has 1 N–H and O–H groups in total. The Balaban J connectivity index is 1.99. The predicted molar refractivity (Wildman–Crippen MR) is 76.2 cm³/mol. The smallest absolute Gasteiger partial charge is 0.229 e. The zero-order valence-electron chi connectivity index (χ0n) is 12.1. The van der Waals surface area contributed by atoms with Crippen LogP contribution in [0.2, 0.25) is 0 Å². The van der Waals surface area contributed by atoms with Crippen molar-refractivity contribution in [3.63, 3.8) is 0 Å². The number of ether oxygens (including phenoxy) is 1. The number of hydrogen-bond donors (Lipinski definition) is 1. The Morgan fingerprint density at radius 1 is 1.52 bits per heavy atom. The standard InChI is InChI=1S/C15H19FN2O3/c1-10(9-21-2)18-8-11(7-14(18)19)15(20)17-13-6-4-3-5-12(13)16/h3-6,10-11H,7-9H2,1-2H3,(H,17,20)/t10-,11-/m1/s1. The van der Waals surface area contributed by atoms with Gasteiger partial charge in [-0.2, -0.15) is 0 Å². The lowest BCUT2D eigenvalue weighted by molar-refractivity contribution is -0.130. The quantitative estimate of drug-likeness (QED) is 0.898. The second-order valence-corrected chi connectivity index (χ2v) is 5.22. The summed E-state index contributed by atoms with van der Waals surface area (Å²) in [4.78, 5) is 25.7. The normalized spacial score (nSPS) is 19.7. The van der Waals surface area contributed by atoms with E-state index in [1.165, 1.54) is 12.1 Å². The number of nitrogens with zero attached hydrogens (tertiary/aromatic N) is 1. The molecule has 0 spiro atoms. The number of amides is 2. The minimum Gasteiger partial charge on any atom is -0.383 e. The average molecular weight is 294 g/mol. The number of carbonyl (C=O) groups excluding carboxylic acids is 2. The molecule has 0 unspecified atom stereocenters. The Bertz CT molecular complexity index is 535. The SMILES string of the molecule is COC[C@@H](C)N1C[C@H](C(=O)Nc2ccccc2F)CC1=O. The van der Waals surface area contributed by atoms with Gasteiger partial charge in [0.05, 0.1) is 24.3 Å². The highest BCUT2D eigenvalue weighted by molar-refractivity contribution is 5.97. The van der Waals surface area contributed by atoms with Crippen LogP contribution in [0.4, 0.5) is 10.1 Å². The molecule has 1 aliphatic rings. The van der Waals surface area contributed by atoms with Crippen LogP contribution in [0.3, 0.4) is 0 Å². The van der Waals surface area contributed by atoms with Crippen LogP contribution in [0.5, 0.6) is 0 Å². The number of methoxy groups -OCH3 is 1. The molecule has 0 radical (unpaired) electrons. The lowest BCUT2D eigenvalue weighted by Gasteiger charge is -2.23. The van der Waals surface area contributed by atoms with Crippen molar-refractivity contribution >= 4 is 17.5 Å². The molecule has 5 nitrogen and oxygen atoms in total. The van der Waals surface area contributed by atoms with E-state index in [9.17, 15) is 14.0 Å². The maximum absolute atomic E-state index is 13.5. The molecule has 1 fully saturated rings. The largest absolute Gasteiger partial charge is 0.383 e. The molecule has 21 heavy (non-hydrogen) atoms. The molecule has 1 aromatic carbocycles. The Kier molecular flexibility index (Phi) is 4.90. The highest BCUT2D eigenvalue weighted by atomic mass is 19.1. The monoisotopic (exact) mass is 294 g/mol.